The Kier molecular flexibility index (Phi) is 5.51. The fourth-order valence-corrected chi connectivity index (χ4v) is 2.49. The minimum atomic E-state index is -3.10. The summed E-state index contributed by atoms with van der Waals surface area (Å²) in [6.45, 7) is 4.80. The van der Waals surface area contributed by atoms with Crippen molar-refractivity contribution in [2.24, 2.45) is 0 Å². The molecule has 0 aliphatic heterocycles. The Hall–Kier alpha value is -0.130. The lowest BCUT2D eigenvalue weighted by Gasteiger charge is -2.25. The molecule has 0 aromatic heterocycles. The van der Waals surface area contributed by atoms with Gasteiger partial charge in [0, 0.05) is 19.7 Å². The van der Waals surface area contributed by atoms with Gasteiger partial charge in [0.2, 0.25) is 10.0 Å². The first kappa shape index (κ1) is 12.9. The third-order valence-corrected chi connectivity index (χ3v) is 3.16. The van der Waals surface area contributed by atoms with E-state index in [0.717, 1.165) is 6.42 Å². The summed E-state index contributed by atoms with van der Waals surface area (Å²) in [5.74, 6) is 0. The summed E-state index contributed by atoms with van der Waals surface area (Å²) in [5.41, 5.74) is 0. The van der Waals surface area contributed by atoms with E-state index in [1.165, 1.54) is 10.6 Å². The Bertz CT molecular complexity index is 226. The lowest BCUT2D eigenvalue weighted by Crippen LogP contribution is -2.40. The molecular weight excluding hydrogens is 190 g/mol. The van der Waals surface area contributed by atoms with Crippen LogP contribution in [0.2, 0.25) is 0 Å². The largest absolute Gasteiger partial charge is 0.383 e. The zero-order valence-electron chi connectivity index (χ0n) is 8.78. The molecule has 0 aliphatic rings. The van der Waals surface area contributed by atoms with Gasteiger partial charge >= 0.3 is 0 Å². The second kappa shape index (κ2) is 5.57. The van der Waals surface area contributed by atoms with Crippen LogP contribution in [0.15, 0.2) is 0 Å². The van der Waals surface area contributed by atoms with Crippen molar-refractivity contribution >= 4 is 10.0 Å². The number of nitrogens with zero attached hydrogens (tertiary/aromatic N) is 1. The normalized spacial score (nSPS) is 14.8. The summed E-state index contributed by atoms with van der Waals surface area (Å²) in [7, 11) is -1.52. The van der Waals surface area contributed by atoms with Gasteiger partial charge in [-0.05, 0) is 13.3 Å². The van der Waals surface area contributed by atoms with Crippen LogP contribution in [0.25, 0.3) is 0 Å². The van der Waals surface area contributed by atoms with Crippen LogP contribution >= 0.6 is 0 Å². The highest BCUT2D eigenvalue weighted by atomic mass is 32.2. The second-order valence-corrected chi connectivity index (χ2v) is 5.11. The van der Waals surface area contributed by atoms with Crippen molar-refractivity contribution in [1.29, 1.82) is 0 Å². The summed E-state index contributed by atoms with van der Waals surface area (Å²) < 4.78 is 29.0. The summed E-state index contributed by atoms with van der Waals surface area (Å²) in [6.07, 6.45) is 2.05. The molecule has 0 amide bonds. The fourth-order valence-electron chi connectivity index (χ4n) is 1.26. The first-order chi connectivity index (χ1) is 5.93. The summed E-state index contributed by atoms with van der Waals surface area (Å²) >= 11 is 0. The van der Waals surface area contributed by atoms with Crippen LogP contribution in [-0.4, -0.2) is 45.3 Å². The predicted octanol–water partition coefficient (Wildman–Crippen LogP) is 0.693. The number of ether oxygens (including phenoxy) is 1. The Morgan fingerprint density at radius 1 is 1.46 bits per heavy atom. The fraction of sp³-hybridized carbons (Fsp3) is 1.00. The summed E-state index contributed by atoms with van der Waals surface area (Å²) in [6, 6.07) is -0.0834. The number of sulfonamides is 1. The van der Waals surface area contributed by atoms with Gasteiger partial charge in [-0.3, -0.25) is 0 Å². The highest BCUT2D eigenvalue weighted by Gasteiger charge is 2.21. The van der Waals surface area contributed by atoms with Crippen LogP contribution in [0.5, 0.6) is 0 Å². The lowest BCUT2D eigenvalue weighted by molar-refractivity contribution is 0.141. The van der Waals surface area contributed by atoms with Crippen molar-refractivity contribution in [3.05, 3.63) is 0 Å². The third-order valence-electron chi connectivity index (χ3n) is 1.77. The molecule has 1 unspecified atom stereocenters. The van der Waals surface area contributed by atoms with Crippen LogP contribution < -0.4 is 0 Å². The molecule has 0 saturated heterocycles. The van der Waals surface area contributed by atoms with Crippen molar-refractivity contribution < 1.29 is 13.2 Å². The number of hydrogen-bond donors (Lipinski definition) is 0. The topological polar surface area (TPSA) is 46.6 Å². The van der Waals surface area contributed by atoms with E-state index in [4.69, 9.17) is 4.74 Å². The Labute approximate surface area is 80.9 Å². The van der Waals surface area contributed by atoms with Gasteiger partial charge < -0.3 is 4.74 Å². The van der Waals surface area contributed by atoms with E-state index in [-0.39, 0.29) is 6.04 Å². The summed E-state index contributed by atoms with van der Waals surface area (Å²) in [5, 5.41) is 0. The van der Waals surface area contributed by atoms with Crippen LogP contribution in [0, 0.1) is 0 Å². The molecule has 0 saturated carbocycles. The highest BCUT2D eigenvalue weighted by molar-refractivity contribution is 7.88. The number of hydrogen-bond acceptors (Lipinski definition) is 3. The van der Waals surface area contributed by atoms with E-state index < -0.39 is 10.0 Å². The van der Waals surface area contributed by atoms with Crippen molar-refractivity contribution in [3.63, 3.8) is 0 Å². The Balaban J connectivity index is 4.42. The molecule has 0 aromatic carbocycles. The Morgan fingerprint density at radius 3 is 2.31 bits per heavy atom. The molecule has 0 N–H and O–H groups in total. The minimum absolute atomic E-state index is 0.0834. The van der Waals surface area contributed by atoms with Crippen molar-refractivity contribution in [3.8, 4) is 0 Å². The number of methoxy groups -OCH3 is 1. The maximum absolute atomic E-state index is 11.3. The van der Waals surface area contributed by atoms with E-state index in [9.17, 15) is 8.42 Å². The first-order valence-electron chi connectivity index (χ1n) is 4.39. The molecule has 0 heterocycles. The summed E-state index contributed by atoms with van der Waals surface area (Å²) in [4.78, 5) is 0. The minimum Gasteiger partial charge on any atom is -0.383 e. The van der Waals surface area contributed by atoms with Gasteiger partial charge in [-0.25, -0.2) is 8.42 Å². The van der Waals surface area contributed by atoms with Crippen LogP contribution in [0.3, 0.4) is 0 Å². The molecule has 5 heteroatoms. The average Bonchev–Trinajstić information content (AvgIpc) is 1.98. The van der Waals surface area contributed by atoms with E-state index in [1.807, 2.05) is 13.8 Å². The first-order valence-corrected chi connectivity index (χ1v) is 6.24. The lowest BCUT2D eigenvalue weighted by atomic mass is 10.3. The van der Waals surface area contributed by atoms with Gasteiger partial charge in [0.25, 0.3) is 0 Å². The molecule has 4 nitrogen and oxygen atoms in total. The van der Waals surface area contributed by atoms with Gasteiger partial charge in [-0.1, -0.05) is 6.92 Å². The van der Waals surface area contributed by atoms with Gasteiger partial charge in [-0.2, -0.15) is 4.31 Å². The quantitative estimate of drug-likeness (QED) is 0.646. The van der Waals surface area contributed by atoms with Crippen LogP contribution in [0.1, 0.15) is 20.3 Å². The molecule has 0 spiro atoms. The van der Waals surface area contributed by atoms with Gasteiger partial charge in [0.1, 0.15) is 0 Å². The monoisotopic (exact) mass is 209 g/mol. The second-order valence-electron chi connectivity index (χ2n) is 3.18. The average molecular weight is 209 g/mol. The third kappa shape index (κ3) is 4.59. The van der Waals surface area contributed by atoms with E-state index in [0.29, 0.717) is 13.2 Å². The van der Waals surface area contributed by atoms with Crippen LogP contribution in [0.4, 0.5) is 0 Å². The zero-order chi connectivity index (χ0) is 10.5. The van der Waals surface area contributed by atoms with Gasteiger partial charge in [0.15, 0.2) is 0 Å². The van der Waals surface area contributed by atoms with E-state index in [2.05, 4.69) is 0 Å². The molecule has 13 heavy (non-hydrogen) atoms. The number of rotatable bonds is 6. The van der Waals surface area contributed by atoms with E-state index in [1.54, 1.807) is 7.11 Å². The molecule has 0 radical (unpaired) electrons. The molecular formula is C8H19NO3S. The maximum Gasteiger partial charge on any atom is 0.211 e. The van der Waals surface area contributed by atoms with E-state index >= 15 is 0 Å². The van der Waals surface area contributed by atoms with Crippen LogP contribution in [-0.2, 0) is 14.8 Å². The van der Waals surface area contributed by atoms with Gasteiger partial charge in [-0.15, -0.1) is 0 Å². The molecule has 0 fully saturated rings. The molecule has 80 valence electrons. The molecule has 0 aromatic rings. The van der Waals surface area contributed by atoms with Crippen molar-refractivity contribution in [1.82, 2.24) is 4.31 Å². The standard InChI is InChI=1S/C8H19NO3S/c1-5-6-9(13(4,10)11)8(2)7-12-3/h8H,5-7H2,1-4H3. The zero-order valence-corrected chi connectivity index (χ0v) is 9.60. The SMILES string of the molecule is CCCN(C(C)COC)S(C)(=O)=O. The molecule has 0 rings (SSSR count). The maximum atomic E-state index is 11.3. The van der Waals surface area contributed by atoms with Gasteiger partial charge in [0.05, 0.1) is 12.9 Å². The predicted molar refractivity (Wildman–Crippen MR) is 53.2 cm³/mol. The Morgan fingerprint density at radius 2 is 2.00 bits per heavy atom. The highest BCUT2D eigenvalue weighted by Crippen LogP contribution is 2.06. The molecule has 0 bridgehead atoms. The molecule has 0 aliphatic carbocycles. The molecule has 1 atom stereocenters. The smallest absolute Gasteiger partial charge is 0.211 e. The van der Waals surface area contributed by atoms with Crippen molar-refractivity contribution in [2.45, 2.75) is 26.3 Å². The van der Waals surface area contributed by atoms with Crippen molar-refractivity contribution in [2.75, 3.05) is 26.5 Å².